The maximum atomic E-state index is 7.00. The molecule has 0 bridgehead atoms. The van der Waals surface area contributed by atoms with Crippen LogP contribution in [-0.4, -0.2) is 33.3 Å². The molecule has 0 amide bonds. The molecule has 1 aliphatic heterocycles. The zero-order chi connectivity index (χ0) is 8.69. The molecular formula is C8H20O2Si. The van der Waals surface area contributed by atoms with E-state index in [9.17, 15) is 0 Å². The van der Waals surface area contributed by atoms with Gasteiger partial charge in [0.2, 0.25) is 0 Å². The van der Waals surface area contributed by atoms with Gasteiger partial charge in [0.1, 0.15) is 0 Å². The lowest BCUT2D eigenvalue weighted by Crippen LogP contribution is -2.31. The predicted molar refractivity (Wildman–Crippen MR) is 50.6 cm³/mol. The molecule has 1 heterocycles. The van der Waals surface area contributed by atoms with Gasteiger partial charge in [-0.1, -0.05) is 13.1 Å². The van der Waals surface area contributed by atoms with Crippen LogP contribution in [0.5, 0.6) is 0 Å². The Hall–Kier alpha value is 0.137. The molecule has 0 aliphatic carbocycles. The normalized spacial score (nSPS) is 24.3. The van der Waals surface area contributed by atoms with E-state index >= 15 is 0 Å². The molecule has 1 saturated heterocycles. The summed E-state index contributed by atoms with van der Waals surface area (Å²) in [5.41, 5.74) is 0.693. The van der Waals surface area contributed by atoms with Gasteiger partial charge < -0.3 is 9.84 Å². The van der Waals surface area contributed by atoms with Crippen molar-refractivity contribution in [2.75, 3.05) is 13.7 Å². The van der Waals surface area contributed by atoms with Gasteiger partial charge in [-0.25, -0.2) is 0 Å². The summed E-state index contributed by atoms with van der Waals surface area (Å²) >= 11 is 0. The van der Waals surface area contributed by atoms with Gasteiger partial charge in [-0.3, -0.25) is 0 Å². The van der Waals surface area contributed by atoms with E-state index in [1.54, 1.807) is 0 Å². The first kappa shape index (κ1) is 11.1. The van der Waals surface area contributed by atoms with Gasteiger partial charge in [0.05, 0.1) is 8.80 Å². The Labute approximate surface area is 71.2 Å². The van der Waals surface area contributed by atoms with Crippen LogP contribution in [0, 0.1) is 0 Å². The smallest absolute Gasteiger partial charge is 0.0656 e. The van der Waals surface area contributed by atoms with E-state index in [-0.39, 0.29) is 0 Å². The summed E-state index contributed by atoms with van der Waals surface area (Å²) in [6.45, 7) is 5.77. The fraction of sp³-hybridized carbons (Fsp3) is 1.00. The standard InChI is InChI=1S/C7H16OSi.CH4O/c1-9(2)7-5-3-4-6-8-7;1-2/h7,9H,3-6H2,1-2H3;2H,1H3. The molecule has 1 unspecified atom stereocenters. The van der Waals surface area contributed by atoms with Gasteiger partial charge >= 0.3 is 0 Å². The number of hydrogen-bond donors (Lipinski definition) is 1. The number of aliphatic hydroxyl groups excluding tert-OH is 1. The highest BCUT2D eigenvalue weighted by molar-refractivity contribution is 6.57. The monoisotopic (exact) mass is 176 g/mol. The van der Waals surface area contributed by atoms with Crippen molar-refractivity contribution < 1.29 is 9.84 Å². The maximum Gasteiger partial charge on any atom is 0.0656 e. The van der Waals surface area contributed by atoms with Crippen molar-refractivity contribution in [3.8, 4) is 0 Å². The van der Waals surface area contributed by atoms with Crippen LogP contribution in [0.15, 0.2) is 0 Å². The Bertz CT molecular complexity index is 80.2. The van der Waals surface area contributed by atoms with Crippen molar-refractivity contribution in [1.82, 2.24) is 0 Å². The molecule has 2 nitrogen and oxygen atoms in total. The molecule has 0 spiro atoms. The second-order valence-electron chi connectivity index (χ2n) is 3.15. The van der Waals surface area contributed by atoms with E-state index in [0.29, 0.717) is 5.73 Å². The summed E-state index contributed by atoms with van der Waals surface area (Å²) in [6, 6.07) is 0. The van der Waals surface area contributed by atoms with Crippen LogP contribution in [0.1, 0.15) is 19.3 Å². The zero-order valence-corrected chi connectivity index (χ0v) is 8.99. The molecule has 1 atom stereocenters. The third kappa shape index (κ3) is 4.56. The average Bonchev–Trinajstić information content (AvgIpc) is 2.10. The summed E-state index contributed by atoms with van der Waals surface area (Å²) in [5.74, 6) is 0. The Kier molecular flexibility index (Phi) is 6.91. The Morgan fingerprint density at radius 1 is 1.27 bits per heavy atom. The molecule has 1 aliphatic rings. The van der Waals surface area contributed by atoms with Crippen molar-refractivity contribution in [2.45, 2.75) is 38.1 Å². The molecule has 0 aromatic heterocycles. The fourth-order valence-electron chi connectivity index (χ4n) is 1.29. The quantitative estimate of drug-likeness (QED) is 0.608. The predicted octanol–water partition coefficient (Wildman–Crippen LogP) is 1.19. The number of hydrogen-bond acceptors (Lipinski definition) is 2. The lowest BCUT2D eigenvalue weighted by molar-refractivity contribution is 0.0631. The summed E-state index contributed by atoms with van der Waals surface area (Å²) in [6.07, 6.45) is 4.03. The first-order chi connectivity index (χ1) is 5.30. The Balaban J connectivity index is 0.000000461. The Morgan fingerprint density at radius 2 is 1.91 bits per heavy atom. The zero-order valence-electron chi connectivity index (χ0n) is 7.84. The van der Waals surface area contributed by atoms with Crippen LogP contribution < -0.4 is 0 Å². The van der Waals surface area contributed by atoms with Crippen LogP contribution >= 0.6 is 0 Å². The molecule has 1 rings (SSSR count). The SMILES string of the molecule is CO.C[SiH](C)C1CCCCO1. The molecule has 0 saturated carbocycles. The van der Waals surface area contributed by atoms with Gasteiger partial charge in [0.25, 0.3) is 0 Å². The minimum absolute atomic E-state index is 0.474. The molecule has 0 radical (unpaired) electrons. The third-order valence-corrected chi connectivity index (χ3v) is 3.97. The van der Waals surface area contributed by atoms with E-state index in [2.05, 4.69) is 13.1 Å². The van der Waals surface area contributed by atoms with Crippen LogP contribution in [0.25, 0.3) is 0 Å². The molecule has 0 aromatic carbocycles. The summed E-state index contributed by atoms with van der Waals surface area (Å²) < 4.78 is 5.60. The van der Waals surface area contributed by atoms with Gasteiger partial charge in [-0.05, 0) is 19.3 Å². The van der Waals surface area contributed by atoms with Crippen molar-refractivity contribution in [3.05, 3.63) is 0 Å². The van der Waals surface area contributed by atoms with Crippen LogP contribution in [-0.2, 0) is 4.74 Å². The van der Waals surface area contributed by atoms with Gasteiger partial charge in [0.15, 0.2) is 0 Å². The van der Waals surface area contributed by atoms with Gasteiger partial charge in [0, 0.05) is 19.4 Å². The molecule has 11 heavy (non-hydrogen) atoms. The molecule has 1 N–H and O–H groups in total. The van der Waals surface area contributed by atoms with E-state index in [1.807, 2.05) is 0 Å². The second kappa shape index (κ2) is 6.82. The van der Waals surface area contributed by atoms with E-state index < -0.39 is 8.80 Å². The molecule has 68 valence electrons. The van der Waals surface area contributed by atoms with Gasteiger partial charge in [-0.15, -0.1) is 0 Å². The third-order valence-electron chi connectivity index (χ3n) is 1.96. The van der Waals surface area contributed by atoms with Crippen LogP contribution in [0.2, 0.25) is 13.1 Å². The van der Waals surface area contributed by atoms with Gasteiger partial charge in [-0.2, -0.15) is 0 Å². The van der Waals surface area contributed by atoms with Crippen molar-refractivity contribution in [3.63, 3.8) is 0 Å². The highest BCUT2D eigenvalue weighted by atomic mass is 28.3. The minimum atomic E-state index is -0.474. The molecular weight excluding hydrogens is 156 g/mol. The minimum Gasteiger partial charge on any atom is -0.400 e. The van der Waals surface area contributed by atoms with Crippen LogP contribution in [0.3, 0.4) is 0 Å². The largest absolute Gasteiger partial charge is 0.400 e. The van der Waals surface area contributed by atoms with Crippen LogP contribution in [0.4, 0.5) is 0 Å². The highest BCUT2D eigenvalue weighted by Gasteiger charge is 2.17. The number of ether oxygens (including phenoxy) is 1. The maximum absolute atomic E-state index is 7.00. The molecule has 3 heteroatoms. The topological polar surface area (TPSA) is 29.5 Å². The van der Waals surface area contributed by atoms with E-state index in [0.717, 1.165) is 13.7 Å². The summed E-state index contributed by atoms with van der Waals surface area (Å²) in [4.78, 5) is 0. The summed E-state index contributed by atoms with van der Waals surface area (Å²) in [7, 11) is 0.526. The molecule has 1 fully saturated rings. The average molecular weight is 176 g/mol. The number of aliphatic hydroxyl groups is 1. The molecule has 0 aromatic rings. The van der Waals surface area contributed by atoms with Crippen molar-refractivity contribution in [1.29, 1.82) is 0 Å². The number of rotatable bonds is 1. The lowest BCUT2D eigenvalue weighted by atomic mass is 10.2. The first-order valence-electron chi connectivity index (χ1n) is 4.37. The van der Waals surface area contributed by atoms with E-state index in [4.69, 9.17) is 9.84 Å². The summed E-state index contributed by atoms with van der Waals surface area (Å²) in [5, 5.41) is 7.00. The fourth-order valence-corrected chi connectivity index (χ4v) is 2.71. The Morgan fingerprint density at radius 3 is 2.18 bits per heavy atom. The highest BCUT2D eigenvalue weighted by Crippen LogP contribution is 2.14. The lowest BCUT2D eigenvalue weighted by Gasteiger charge is -2.24. The van der Waals surface area contributed by atoms with E-state index in [1.165, 1.54) is 19.3 Å². The second-order valence-corrected chi connectivity index (χ2v) is 6.38. The van der Waals surface area contributed by atoms with Crippen molar-refractivity contribution >= 4 is 8.80 Å². The first-order valence-corrected chi connectivity index (χ1v) is 7.34. The van der Waals surface area contributed by atoms with Crippen molar-refractivity contribution in [2.24, 2.45) is 0 Å².